The third-order valence-electron chi connectivity index (χ3n) is 3.74. The lowest BCUT2D eigenvalue weighted by atomic mass is 10.1. The summed E-state index contributed by atoms with van der Waals surface area (Å²) in [6, 6.07) is 7.25. The molecular weight excluding hydrogens is 415 g/mol. The van der Waals surface area contributed by atoms with Crippen molar-refractivity contribution in [1.29, 1.82) is 0 Å². The minimum atomic E-state index is -2.64. The smallest absolute Gasteiger partial charge is 0.337 e. The molecule has 0 spiro atoms. The number of hydrogen-bond donors (Lipinski definition) is 2. The van der Waals surface area contributed by atoms with Gasteiger partial charge in [-0.25, -0.2) is 4.79 Å². The average molecular weight is 426 g/mol. The second-order valence-corrected chi connectivity index (χ2v) is 7.14. The Bertz CT molecular complexity index is 1090. The van der Waals surface area contributed by atoms with Crippen LogP contribution in [0.15, 0.2) is 41.4 Å². The number of hydrogen-bond acceptors (Lipinski definition) is 6. The van der Waals surface area contributed by atoms with Crippen LogP contribution >= 0.6 is 23.2 Å². The van der Waals surface area contributed by atoms with E-state index >= 15 is 0 Å². The van der Waals surface area contributed by atoms with E-state index in [0.29, 0.717) is 21.7 Å². The Morgan fingerprint density at radius 2 is 2.00 bits per heavy atom. The van der Waals surface area contributed by atoms with E-state index in [1.807, 2.05) is 0 Å². The fourth-order valence-corrected chi connectivity index (χ4v) is 3.41. The molecule has 27 heavy (non-hydrogen) atoms. The number of carbonyl (C=O) groups is 1. The van der Waals surface area contributed by atoms with Crippen LogP contribution in [0, 0.1) is 0 Å². The minimum absolute atomic E-state index is 0.121. The Morgan fingerprint density at radius 1 is 1.26 bits per heavy atom. The second kappa shape index (κ2) is 7.69. The van der Waals surface area contributed by atoms with Gasteiger partial charge in [0.2, 0.25) is 0 Å². The first-order valence-corrected chi connectivity index (χ1v) is 9.20. The molecule has 1 heterocycles. The summed E-state index contributed by atoms with van der Waals surface area (Å²) in [5, 5.41) is 13.2. The first-order valence-electron chi connectivity index (χ1n) is 7.37. The van der Waals surface area contributed by atoms with Crippen LogP contribution in [0.5, 0.6) is 5.75 Å². The Morgan fingerprint density at radius 3 is 2.63 bits per heavy atom. The summed E-state index contributed by atoms with van der Waals surface area (Å²) in [7, 11) is 1.43. The van der Waals surface area contributed by atoms with Gasteiger partial charge in [-0.1, -0.05) is 23.2 Å². The third kappa shape index (κ3) is 3.84. The van der Waals surface area contributed by atoms with Gasteiger partial charge >= 0.3 is 5.97 Å². The predicted molar refractivity (Wildman–Crippen MR) is 102 cm³/mol. The molecule has 0 amide bonds. The molecule has 0 saturated heterocycles. The fraction of sp³-hybridized carbons (Fsp3) is 0.0588. The molecule has 0 saturated carbocycles. The van der Waals surface area contributed by atoms with Crippen LogP contribution in [-0.2, 0) is 11.1 Å². The number of anilines is 2. The fourth-order valence-electron chi connectivity index (χ4n) is 2.57. The quantitative estimate of drug-likeness (QED) is 0.588. The van der Waals surface area contributed by atoms with Gasteiger partial charge in [0, 0.05) is 27.7 Å². The zero-order valence-electron chi connectivity index (χ0n) is 13.7. The van der Waals surface area contributed by atoms with Crippen molar-refractivity contribution in [3.8, 4) is 5.75 Å². The maximum absolute atomic E-state index is 11.7. The molecule has 0 aliphatic carbocycles. The highest BCUT2D eigenvalue weighted by Gasteiger charge is 2.17. The van der Waals surface area contributed by atoms with Crippen LogP contribution in [0.4, 0.5) is 11.4 Å². The summed E-state index contributed by atoms with van der Waals surface area (Å²) in [6.07, 6.45) is 1.15. The van der Waals surface area contributed by atoms with Crippen molar-refractivity contribution in [3.05, 3.63) is 52.1 Å². The topological polar surface area (TPSA) is 112 Å². The number of ether oxygens (including phenoxy) is 1. The van der Waals surface area contributed by atoms with Gasteiger partial charge in [-0.2, -0.15) is 0 Å². The molecule has 2 aromatic carbocycles. The van der Waals surface area contributed by atoms with Crippen LogP contribution in [0.1, 0.15) is 10.4 Å². The van der Waals surface area contributed by atoms with E-state index in [4.69, 9.17) is 27.9 Å². The molecule has 1 unspecified atom stereocenters. The van der Waals surface area contributed by atoms with Gasteiger partial charge in [0.25, 0.3) is 0 Å². The van der Waals surface area contributed by atoms with Gasteiger partial charge in [-0.15, -0.1) is 0 Å². The van der Waals surface area contributed by atoms with E-state index in [0.717, 1.165) is 6.20 Å². The maximum Gasteiger partial charge on any atom is 0.337 e. The average Bonchev–Trinajstić information content (AvgIpc) is 2.62. The van der Waals surface area contributed by atoms with Crippen molar-refractivity contribution in [2.75, 3.05) is 12.4 Å². The van der Waals surface area contributed by atoms with Gasteiger partial charge in [0.15, 0.2) is 0 Å². The highest BCUT2D eigenvalue weighted by Crippen LogP contribution is 2.37. The predicted octanol–water partition coefficient (Wildman–Crippen LogP) is 4.23. The molecule has 0 aliphatic heterocycles. The van der Waals surface area contributed by atoms with Gasteiger partial charge in [0.05, 0.1) is 28.9 Å². The molecule has 0 aliphatic rings. The molecule has 3 rings (SSSR count). The van der Waals surface area contributed by atoms with Crippen LogP contribution in [0.25, 0.3) is 10.9 Å². The highest BCUT2D eigenvalue weighted by atomic mass is 35.5. The lowest BCUT2D eigenvalue weighted by Gasteiger charge is -2.18. The normalized spacial score (nSPS) is 12.0. The monoisotopic (exact) mass is 425 g/mol. The van der Waals surface area contributed by atoms with Crippen molar-refractivity contribution in [2.45, 2.75) is 4.90 Å². The van der Waals surface area contributed by atoms with Crippen LogP contribution in [0.2, 0.25) is 10.0 Å². The number of nitrogens with zero attached hydrogens (tertiary/aromatic N) is 1. The third-order valence-corrected chi connectivity index (χ3v) is 4.86. The number of aromatic nitrogens is 1. The molecule has 2 N–H and O–H groups in total. The standard InChI is InChI=1S/C17H12Cl2N2O5S/c1-26-13-6-9(19)5-11-15(13)20-7-14(27(24)25)16(11)21-12-3-2-8(18)4-10(12)17(22)23/h2-7H,1H3,(H,20,21)(H,22,23)(H,24,25)/p-1. The minimum Gasteiger partial charge on any atom is -0.768 e. The summed E-state index contributed by atoms with van der Waals surface area (Å²) in [5.41, 5.74) is 0.525. The van der Waals surface area contributed by atoms with E-state index in [-0.39, 0.29) is 26.9 Å². The number of benzene rings is 2. The van der Waals surface area contributed by atoms with Crippen molar-refractivity contribution < 1.29 is 23.4 Å². The van der Waals surface area contributed by atoms with E-state index in [1.54, 1.807) is 6.07 Å². The molecule has 140 valence electrons. The number of halogens is 2. The summed E-state index contributed by atoms with van der Waals surface area (Å²) < 4.78 is 28.6. The number of methoxy groups -OCH3 is 1. The Hall–Kier alpha value is -2.39. The Kier molecular flexibility index (Phi) is 5.52. The van der Waals surface area contributed by atoms with E-state index in [9.17, 15) is 18.7 Å². The zero-order valence-corrected chi connectivity index (χ0v) is 16.0. The molecule has 1 atom stereocenters. The number of aromatic carboxylic acids is 1. The van der Waals surface area contributed by atoms with Crippen molar-refractivity contribution in [1.82, 2.24) is 4.98 Å². The van der Waals surface area contributed by atoms with Gasteiger partial charge in [-0.3, -0.25) is 9.19 Å². The summed E-state index contributed by atoms with van der Waals surface area (Å²) in [5.74, 6) is -0.878. The van der Waals surface area contributed by atoms with Gasteiger partial charge < -0.3 is 19.7 Å². The SMILES string of the molecule is COc1cc(Cl)cc2c(Nc3ccc(Cl)cc3C(=O)O)c(S(=O)[O-])cnc12. The first-order chi connectivity index (χ1) is 12.8. The number of nitrogens with one attached hydrogen (secondary N) is 1. The van der Waals surface area contributed by atoms with Crippen LogP contribution in [-0.4, -0.2) is 31.9 Å². The number of rotatable bonds is 5. The molecule has 0 bridgehead atoms. The molecule has 10 heteroatoms. The maximum atomic E-state index is 11.7. The van der Waals surface area contributed by atoms with Crippen LogP contribution in [0.3, 0.4) is 0 Å². The molecule has 0 fully saturated rings. The lowest BCUT2D eigenvalue weighted by Crippen LogP contribution is -2.06. The molecule has 0 radical (unpaired) electrons. The van der Waals surface area contributed by atoms with E-state index < -0.39 is 17.0 Å². The molecule has 1 aromatic heterocycles. The molecular formula is C17H11Cl2N2O5S-. The Labute approximate surface area is 166 Å². The van der Waals surface area contributed by atoms with Crippen molar-refractivity contribution in [2.24, 2.45) is 0 Å². The second-order valence-electron chi connectivity index (χ2n) is 5.36. The Balaban J connectivity index is 2.30. The number of carboxylic acids is 1. The summed E-state index contributed by atoms with van der Waals surface area (Å²) >= 11 is 9.34. The van der Waals surface area contributed by atoms with Gasteiger partial charge in [0.1, 0.15) is 11.3 Å². The summed E-state index contributed by atoms with van der Waals surface area (Å²) in [4.78, 5) is 15.5. The van der Waals surface area contributed by atoms with E-state index in [1.165, 1.54) is 31.4 Å². The first kappa shape index (κ1) is 19.4. The number of carboxylic acid groups (broad SMARTS) is 1. The van der Waals surface area contributed by atoms with Gasteiger partial charge in [-0.05, 0) is 35.3 Å². The molecule has 3 aromatic rings. The van der Waals surface area contributed by atoms with Crippen LogP contribution < -0.4 is 10.1 Å². The summed E-state index contributed by atoms with van der Waals surface area (Å²) in [6.45, 7) is 0. The lowest BCUT2D eigenvalue weighted by molar-refractivity contribution is 0.0698. The van der Waals surface area contributed by atoms with Crippen molar-refractivity contribution in [3.63, 3.8) is 0 Å². The van der Waals surface area contributed by atoms with E-state index in [2.05, 4.69) is 10.3 Å². The molecule has 7 nitrogen and oxygen atoms in total. The number of fused-ring (bicyclic) bond motifs is 1. The number of pyridine rings is 1. The largest absolute Gasteiger partial charge is 0.768 e. The highest BCUT2D eigenvalue weighted by molar-refractivity contribution is 7.79. The zero-order chi connectivity index (χ0) is 19.7. The van der Waals surface area contributed by atoms with Crippen molar-refractivity contribution >= 4 is 62.5 Å².